The third-order valence-corrected chi connectivity index (χ3v) is 6.03. The second kappa shape index (κ2) is 5.01. The van der Waals surface area contributed by atoms with Crippen molar-refractivity contribution < 1.29 is 9.59 Å². The summed E-state index contributed by atoms with van der Waals surface area (Å²) in [6, 6.07) is 19.3. The summed E-state index contributed by atoms with van der Waals surface area (Å²) in [6.07, 6.45) is -0.513. The lowest BCUT2D eigenvalue weighted by molar-refractivity contribution is 0.0945. The van der Waals surface area contributed by atoms with E-state index in [0.717, 1.165) is 33.9 Å². The normalized spacial score (nSPS) is 16.7. The van der Waals surface area contributed by atoms with Crippen molar-refractivity contribution in [2.75, 3.05) is 14.7 Å². The number of carbonyl (C=O) groups is 2. The molecule has 0 atom stereocenters. The fourth-order valence-corrected chi connectivity index (χ4v) is 4.56. The van der Waals surface area contributed by atoms with E-state index in [2.05, 4.69) is 4.90 Å². The number of anilines is 4. The third-order valence-electron chi connectivity index (χ3n) is 6.03. The fraction of sp³-hybridized carbons (Fsp3) is 0.130. The topological polar surface area (TPSA) is 43.9 Å². The molecule has 0 radical (unpaired) electrons. The molecule has 0 aromatic heterocycles. The van der Waals surface area contributed by atoms with Crippen LogP contribution in [0.5, 0.6) is 0 Å². The number of aryl methyl sites for hydroxylation is 2. The first-order valence-corrected chi connectivity index (χ1v) is 9.33. The van der Waals surface area contributed by atoms with E-state index < -0.39 is 6.29 Å². The van der Waals surface area contributed by atoms with Gasteiger partial charge in [0.15, 0.2) is 6.29 Å². The average molecular weight is 367 g/mol. The molecule has 0 unspecified atom stereocenters. The van der Waals surface area contributed by atoms with Crippen LogP contribution in [0, 0.1) is 13.8 Å². The first-order valence-electron chi connectivity index (χ1n) is 9.33. The van der Waals surface area contributed by atoms with Crippen LogP contribution in [-0.2, 0) is 0 Å². The molecule has 0 spiro atoms. The van der Waals surface area contributed by atoms with E-state index in [1.165, 1.54) is 0 Å². The molecular formula is C23H17N3O2. The van der Waals surface area contributed by atoms with Gasteiger partial charge in [-0.25, -0.2) is 0 Å². The number of nitrogens with zero attached hydrogens (tertiary/aromatic N) is 3. The highest BCUT2D eigenvalue weighted by Gasteiger charge is 2.53. The molecule has 2 amide bonds. The molecular weight excluding hydrogens is 350 g/mol. The van der Waals surface area contributed by atoms with Crippen LogP contribution in [0.4, 0.5) is 22.7 Å². The second-order valence-corrected chi connectivity index (χ2v) is 7.53. The van der Waals surface area contributed by atoms with Crippen molar-refractivity contribution in [3.05, 3.63) is 82.9 Å². The molecule has 0 bridgehead atoms. The molecule has 3 aromatic rings. The zero-order valence-corrected chi connectivity index (χ0v) is 15.5. The van der Waals surface area contributed by atoms with E-state index in [4.69, 9.17) is 0 Å². The van der Waals surface area contributed by atoms with Gasteiger partial charge >= 0.3 is 0 Å². The highest BCUT2D eigenvalue weighted by molar-refractivity contribution is 6.24. The summed E-state index contributed by atoms with van der Waals surface area (Å²) in [6.45, 7) is 4.06. The highest BCUT2D eigenvalue weighted by atomic mass is 16.2. The van der Waals surface area contributed by atoms with Gasteiger partial charge in [0.2, 0.25) is 0 Å². The minimum absolute atomic E-state index is 0.0731. The number of amides is 2. The SMILES string of the molecule is Cc1cc2c(cc1C)N1C(=O)c3ccccc3N3c4ccccc4C(=O)N2C13. The Labute approximate surface area is 162 Å². The molecule has 136 valence electrons. The van der Waals surface area contributed by atoms with E-state index in [-0.39, 0.29) is 11.8 Å². The smallest absolute Gasteiger partial charge is 0.263 e. The van der Waals surface area contributed by atoms with Crippen molar-refractivity contribution in [2.45, 2.75) is 20.1 Å². The molecule has 3 aliphatic heterocycles. The summed E-state index contributed by atoms with van der Waals surface area (Å²) in [4.78, 5) is 32.6. The van der Waals surface area contributed by atoms with Gasteiger partial charge in [-0.05, 0) is 61.4 Å². The quantitative estimate of drug-likeness (QED) is 0.593. The maximum atomic E-state index is 13.5. The van der Waals surface area contributed by atoms with Gasteiger partial charge in [-0.15, -0.1) is 0 Å². The number of carbonyl (C=O) groups excluding carboxylic acids is 2. The predicted octanol–water partition coefficient (Wildman–Crippen LogP) is 4.36. The molecule has 0 N–H and O–H groups in total. The molecule has 5 nitrogen and oxygen atoms in total. The number of hydrogen-bond donors (Lipinski definition) is 0. The molecule has 0 aliphatic carbocycles. The molecule has 0 saturated carbocycles. The van der Waals surface area contributed by atoms with Crippen molar-refractivity contribution >= 4 is 34.6 Å². The minimum Gasteiger partial charge on any atom is -0.301 e. The van der Waals surface area contributed by atoms with E-state index >= 15 is 0 Å². The lowest BCUT2D eigenvalue weighted by Gasteiger charge is -2.47. The summed E-state index contributed by atoms with van der Waals surface area (Å²) in [7, 11) is 0. The van der Waals surface area contributed by atoms with Crippen molar-refractivity contribution in [1.82, 2.24) is 0 Å². The van der Waals surface area contributed by atoms with Gasteiger partial charge in [0.05, 0.1) is 33.9 Å². The maximum Gasteiger partial charge on any atom is 0.263 e. The van der Waals surface area contributed by atoms with Crippen LogP contribution in [0.3, 0.4) is 0 Å². The average Bonchev–Trinajstić information content (AvgIpc) is 3.02. The van der Waals surface area contributed by atoms with Crippen LogP contribution in [0.15, 0.2) is 60.7 Å². The van der Waals surface area contributed by atoms with Gasteiger partial charge in [0.1, 0.15) is 0 Å². The van der Waals surface area contributed by atoms with Gasteiger partial charge in [-0.3, -0.25) is 19.4 Å². The summed E-state index contributed by atoms with van der Waals surface area (Å²) in [5, 5.41) is 0. The van der Waals surface area contributed by atoms with Gasteiger partial charge in [-0.1, -0.05) is 24.3 Å². The third kappa shape index (κ3) is 1.67. The van der Waals surface area contributed by atoms with Crippen LogP contribution in [0.25, 0.3) is 0 Å². The van der Waals surface area contributed by atoms with Crippen LogP contribution in [0.2, 0.25) is 0 Å². The standard InChI is InChI=1S/C23H17N3O2/c1-13-11-19-20(12-14(13)2)26-22(28)16-8-4-6-10-18(16)24-17-9-5-3-7-15(17)21(27)25(19)23(24)26/h3-12,23H,1-2H3. The van der Waals surface area contributed by atoms with Crippen LogP contribution in [-0.4, -0.2) is 18.1 Å². The summed E-state index contributed by atoms with van der Waals surface area (Å²) < 4.78 is 0. The molecule has 0 saturated heterocycles. The first kappa shape index (κ1) is 15.5. The summed E-state index contributed by atoms with van der Waals surface area (Å²) >= 11 is 0. The first-order chi connectivity index (χ1) is 13.6. The number of para-hydroxylation sites is 2. The van der Waals surface area contributed by atoms with Crippen LogP contribution >= 0.6 is 0 Å². The largest absolute Gasteiger partial charge is 0.301 e. The number of hydrogen-bond acceptors (Lipinski definition) is 3. The minimum atomic E-state index is -0.513. The van der Waals surface area contributed by atoms with Crippen molar-refractivity contribution in [3.8, 4) is 0 Å². The van der Waals surface area contributed by atoms with E-state index in [1.54, 1.807) is 9.80 Å². The molecule has 3 heterocycles. The van der Waals surface area contributed by atoms with Gasteiger partial charge in [0, 0.05) is 0 Å². The molecule has 3 aromatic carbocycles. The highest BCUT2D eigenvalue weighted by Crippen LogP contribution is 2.52. The molecule has 3 aliphatic rings. The molecule has 28 heavy (non-hydrogen) atoms. The Morgan fingerprint density at radius 1 is 0.607 bits per heavy atom. The number of rotatable bonds is 0. The van der Waals surface area contributed by atoms with E-state index in [1.807, 2.05) is 74.5 Å². The number of benzene rings is 3. The Balaban J connectivity index is 1.73. The van der Waals surface area contributed by atoms with Crippen molar-refractivity contribution in [3.63, 3.8) is 0 Å². The zero-order valence-electron chi connectivity index (χ0n) is 15.5. The monoisotopic (exact) mass is 367 g/mol. The number of fused-ring (bicyclic) bond motifs is 7. The Bertz CT molecular complexity index is 1120. The fourth-order valence-electron chi connectivity index (χ4n) is 4.56. The Hall–Kier alpha value is -3.60. The van der Waals surface area contributed by atoms with Crippen molar-refractivity contribution in [2.24, 2.45) is 0 Å². The predicted molar refractivity (Wildman–Crippen MR) is 108 cm³/mol. The molecule has 0 fully saturated rings. The lowest BCUT2D eigenvalue weighted by atomic mass is 10.0. The maximum absolute atomic E-state index is 13.5. The molecule has 5 heteroatoms. The Kier molecular flexibility index (Phi) is 2.77. The van der Waals surface area contributed by atoms with E-state index in [0.29, 0.717) is 11.1 Å². The summed E-state index contributed by atoms with van der Waals surface area (Å²) in [5.74, 6) is -0.146. The lowest BCUT2D eigenvalue weighted by Crippen LogP contribution is -2.62. The van der Waals surface area contributed by atoms with Gasteiger partial charge in [-0.2, -0.15) is 0 Å². The Morgan fingerprint density at radius 3 is 1.50 bits per heavy atom. The van der Waals surface area contributed by atoms with Gasteiger partial charge < -0.3 is 4.90 Å². The van der Waals surface area contributed by atoms with Crippen molar-refractivity contribution in [1.29, 1.82) is 0 Å². The zero-order chi connectivity index (χ0) is 19.2. The molecule has 6 rings (SSSR count). The summed E-state index contributed by atoms with van der Waals surface area (Å²) in [5.41, 5.74) is 6.74. The Morgan fingerprint density at radius 2 is 1.04 bits per heavy atom. The van der Waals surface area contributed by atoms with E-state index in [9.17, 15) is 9.59 Å². The van der Waals surface area contributed by atoms with Gasteiger partial charge in [0.25, 0.3) is 11.8 Å². The van der Waals surface area contributed by atoms with Crippen LogP contribution < -0.4 is 14.7 Å². The van der Waals surface area contributed by atoms with Crippen LogP contribution in [0.1, 0.15) is 31.8 Å². The second-order valence-electron chi connectivity index (χ2n) is 7.53.